The number of fused-ring (bicyclic) bond motifs is 1. The Morgan fingerprint density at radius 1 is 1.16 bits per heavy atom. The number of hydrogen-bond donors (Lipinski definition) is 1. The molecule has 196 valence electrons. The highest BCUT2D eigenvalue weighted by Gasteiger charge is 2.39. The van der Waals surface area contributed by atoms with E-state index in [1.54, 1.807) is 4.57 Å². The second-order valence-corrected chi connectivity index (χ2v) is 12.0. The number of amides is 1. The first kappa shape index (κ1) is 26.0. The van der Waals surface area contributed by atoms with Gasteiger partial charge in [0.1, 0.15) is 0 Å². The van der Waals surface area contributed by atoms with Crippen LogP contribution in [-0.4, -0.2) is 51.8 Å². The molecule has 2 aliphatic rings. The fourth-order valence-electron chi connectivity index (χ4n) is 5.91. The molecule has 7 heteroatoms. The van der Waals surface area contributed by atoms with Crippen molar-refractivity contribution in [2.24, 2.45) is 5.41 Å². The van der Waals surface area contributed by atoms with Crippen LogP contribution in [0.2, 0.25) is 0 Å². The van der Waals surface area contributed by atoms with E-state index in [0.29, 0.717) is 16.1 Å². The molecule has 3 aromatic rings. The summed E-state index contributed by atoms with van der Waals surface area (Å²) < 4.78 is 1.70. The normalized spacial score (nSPS) is 20.9. The summed E-state index contributed by atoms with van der Waals surface area (Å²) in [5, 5.41) is 4.49. The second-order valence-electron chi connectivity index (χ2n) is 10.8. The van der Waals surface area contributed by atoms with Gasteiger partial charge in [-0.2, -0.15) is 0 Å². The Labute approximate surface area is 223 Å². The van der Waals surface area contributed by atoms with Crippen molar-refractivity contribution in [1.29, 1.82) is 0 Å². The molecule has 1 aromatic heterocycles. The number of carbonyl (C=O) groups is 1. The summed E-state index contributed by atoms with van der Waals surface area (Å²) in [4.78, 5) is 34.8. The predicted molar refractivity (Wildman–Crippen MR) is 152 cm³/mol. The standard InChI is InChI=1S/C30H38N4O2S/c1-3-4-14-26(28(36)33-18-9-16-30(21-33)15-8-17-31-20-30)37-29-32-25-13-6-5-12-24(25)27(35)34(29)23-11-7-10-22(2)19-23/h5-7,10-13,19,26,31H,3-4,8-9,14-18,20-21H2,1-2H3/t26-,30+/m1/s1. The maximum Gasteiger partial charge on any atom is 0.266 e. The van der Waals surface area contributed by atoms with E-state index in [1.165, 1.54) is 31.0 Å². The van der Waals surface area contributed by atoms with Gasteiger partial charge in [-0.1, -0.05) is 55.8 Å². The van der Waals surface area contributed by atoms with Crippen molar-refractivity contribution < 1.29 is 4.79 Å². The van der Waals surface area contributed by atoms with Crippen LogP contribution >= 0.6 is 11.8 Å². The average Bonchev–Trinajstić information content (AvgIpc) is 2.91. The van der Waals surface area contributed by atoms with Gasteiger partial charge in [-0.25, -0.2) is 4.98 Å². The van der Waals surface area contributed by atoms with Crippen LogP contribution in [0.1, 0.15) is 57.4 Å². The Kier molecular flexibility index (Phi) is 8.01. The van der Waals surface area contributed by atoms with Crippen molar-refractivity contribution in [2.75, 3.05) is 26.2 Å². The van der Waals surface area contributed by atoms with Gasteiger partial charge in [0.2, 0.25) is 5.91 Å². The number of aryl methyl sites for hydroxylation is 1. The lowest BCUT2D eigenvalue weighted by molar-refractivity contribution is -0.134. The SMILES string of the molecule is CCCC[C@@H](Sc1nc2ccccc2c(=O)n1-c1cccc(C)c1)C(=O)N1CCC[C@]2(CCCNC2)C1. The molecule has 0 saturated carbocycles. The first-order valence-corrected chi connectivity index (χ1v) is 14.6. The minimum atomic E-state index is -0.268. The van der Waals surface area contributed by atoms with Crippen LogP contribution in [0.5, 0.6) is 0 Å². The van der Waals surface area contributed by atoms with Gasteiger partial charge in [-0.3, -0.25) is 14.2 Å². The first-order valence-electron chi connectivity index (χ1n) is 13.7. The molecule has 2 aliphatic heterocycles. The van der Waals surface area contributed by atoms with Gasteiger partial charge in [-0.05, 0) is 75.4 Å². The highest BCUT2D eigenvalue weighted by molar-refractivity contribution is 8.00. The molecule has 0 aliphatic carbocycles. The van der Waals surface area contributed by atoms with Gasteiger partial charge in [0.05, 0.1) is 21.8 Å². The number of nitrogens with zero attached hydrogens (tertiary/aromatic N) is 3. The van der Waals surface area contributed by atoms with E-state index in [2.05, 4.69) is 17.1 Å². The number of piperidine rings is 2. The van der Waals surface area contributed by atoms with Gasteiger partial charge >= 0.3 is 0 Å². The Bertz CT molecular complexity index is 1310. The average molecular weight is 519 g/mol. The zero-order chi connectivity index (χ0) is 25.8. The molecule has 6 nitrogen and oxygen atoms in total. The largest absolute Gasteiger partial charge is 0.341 e. The van der Waals surface area contributed by atoms with Crippen LogP contribution in [0.25, 0.3) is 16.6 Å². The molecule has 5 rings (SSSR count). The number of nitrogens with one attached hydrogen (secondary N) is 1. The number of unbranched alkanes of at least 4 members (excludes halogenated alkanes) is 1. The van der Waals surface area contributed by atoms with Gasteiger partial charge in [0, 0.05) is 25.0 Å². The molecule has 37 heavy (non-hydrogen) atoms. The predicted octanol–water partition coefficient (Wildman–Crippen LogP) is 5.34. The molecule has 2 fully saturated rings. The smallest absolute Gasteiger partial charge is 0.266 e. The van der Waals surface area contributed by atoms with Gasteiger partial charge in [-0.15, -0.1) is 0 Å². The number of carbonyl (C=O) groups excluding carboxylic acids is 1. The quantitative estimate of drug-likeness (QED) is 0.338. The Morgan fingerprint density at radius 2 is 2.00 bits per heavy atom. The van der Waals surface area contributed by atoms with Crippen LogP contribution in [0, 0.1) is 12.3 Å². The lowest BCUT2D eigenvalue weighted by Crippen LogP contribution is -2.54. The van der Waals surface area contributed by atoms with Gasteiger partial charge < -0.3 is 10.2 Å². The highest BCUT2D eigenvalue weighted by atomic mass is 32.2. The summed E-state index contributed by atoms with van der Waals surface area (Å²) in [5.41, 5.74) is 2.65. The summed E-state index contributed by atoms with van der Waals surface area (Å²) in [6.07, 6.45) is 7.38. The monoisotopic (exact) mass is 518 g/mol. The summed E-state index contributed by atoms with van der Waals surface area (Å²) in [6.45, 7) is 7.91. The molecule has 0 radical (unpaired) electrons. The van der Waals surface area contributed by atoms with Crippen LogP contribution in [0.4, 0.5) is 0 Å². The summed E-state index contributed by atoms with van der Waals surface area (Å²) in [5.74, 6) is 0.196. The Balaban J connectivity index is 1.51. The molecule has 0 unspecified atom stereocenters. The van der Waals surface area contributed by atoms with Crippen molar-refractivity contribution in [3.05, 3.63) is 64.4 Å². The van der Waals surface area contributed by atoms with Crippen LogP contribution in [0.15, 0.2) is 58.5 Å². The summed E-state index contributed by atoms with van der Waals surface area (Å²) in [6, 6.07) is 15.4. The van der Waals surface area contributed by atoms with Crippen LogP contribution in [-0.2, 0) is 4.79 Å². The van der Waals surface area contributed by atoms with E-state index in [-0.39, 0.29) is 22.1 Å². The molecular formula is C30H38N4O2S. The fourth-order valence-corrected chi connectivity index (χ4v) is 7.15. The molecular weight excluding hydrogens is 480 g/mol. The zero-order valence-electron chi connectivity index (χ0n) is 22.0. The van der Waals surface area contributed by atoms with Crippen molar-refractivity contribution in [3.63, 3.8) is 0 Å². The number of rotatable bonds is 7. The molecule has 3 heterocycles. The van der Waals surface area contributed by atoms with E-state index in [1.807, 2.05) is 55.5 Å². The van der Waals surface area contributed by atoms with Crippen molar-refractivity contribution >= 4 is 28.6 Å². The molecule has 2 saturated heterocycles. The van der Waals surface area contributed by atoms with Gasteiger partial charge in [0.15, 0.2) is 5.16 Å². The molecule has 2 aromatic carbocycles. The third-order valence-corrected chi connectivity index (χ3v) is 9.09. The summed E-state index contributed by atoms with van der Waals surface area (Å²) >= 11 is 1.47. The van der Waals surface area contributed by atoms with E-state index in [0.717, 1.165) is 63.1 Å². The summed E-state index contributed by atoms with van der Waals surface area (Å²) in [7, 11) is 0. The third kappa shape index (κ3) is 5.63. The zero-order valence-corrected chi connectivity index (χ0v) is 22.9. The molecule has 1 spiro atoms. The fraction of sp³-hybridized carbons (Fsp3) is 0.500. The minimum Gasteiger partial charge on any atom is -0.341 e. The molecule has 0 bridgehead atoms. The third-order valence-electron chi connectivity index (χ3n) is 7.88. The lowest BCUT2D eigenvalue weighted by atomic mass is 9.74. The Morgan fingerprint density at radius 3 is 2.78 bits per heavy atom. The number of para-hydroxylation sites is 1. The van der Waals surface area contributed by atoms with Crippen molar-refractivity contribution in [1.82, 2.24) is 19.8 Å². The Hall–Kier alpha value is -2.64. The van der Waals surface area contributed by atoms with Crippen LogP contribution in [0.3, 0.4) is 0 Å². The van der Waals surface area contributed by atoms with Crippen molar-refractivity contribution in [2.45, 2.75) is 69.2 Å². The topological polar surface area (TPSA) is 67.2 Å². The maximum atomic E-state index is 14.1. The van der Waals surface area contributed by atoms with E-state index < -0.39 is 0 Å². The van der Waals surface area contributed by atoms with Crippen molar-refractivity contribution in [3.8, 4) is 5.69 Å². The number of thioether (sulfide) groups is 1. The number of benzene rings is 2. The van der Waals surface area contributed by atoms with E-state index in [9.17, 15) is 9.59 Å². The minimum absolute atomic E-state index is 0.0920. The lowest BCUT2D eigenvalue weighted by Gasteiger charge is -2.46. The molecule has 1 amide bonds. The van der Waals surface area contributed by atoms with Gasteiger partial charge in [0.25, 0.3) is 5.56 Å². The molecule has 1 N–H and O–H groups in total. The van der Waals surface area contributed by atoms with E-state index in [4.69, 9.17) is 4.98 Å². The second kappa shape index (κ2) is 11.4. The number of aromatic nitrogens is 2. The maximum absolute atomic E-state index is 14.1. The number of hydrogen-bond acceptors (Lipinski definition) is 5. The van der Waals surface area contributed by atoms with Crippen LogP contribution < -0.4 is 10.9 Å². The number of likely N-dealkylation sites (tertiary alicyclic amines) is 1. The van der Waals surface area contributed by atoms with E-state index >= 15 is 0 Å². The first-order chi connectivity index (χ1) is 18.0. The highest BCUT2D eigenvalue weighted by Crippen LogP contribution is 2.37. The molecule has 2 atom stereocenters.